The number of alkyl halides is 3. The number of hydrogen-bond donors (Lipinski definition) is 1. The normalized spacial score (nSPS) is 16.6. The maximum absolute atomic E-state index is 13.1. The Kier molecular flexibility index (Phi) is 4.20. The van der Waals surface area contributed by atoms with E-state index in [0.29, 0.717) is 12.6 Å². The van der Waals surface area contributed by atoms with Crippen molar-refractivity contribution in [2.24, 2.45) is 0 Å². The molecule has 0 saturated heterocycles. The number of aromatic nitrogens is 3. The van der Waals surface area contributed by atoms with Gasteiger partial charge in [-0.3, -0.25) is 19.1 Å². The zero-order valence-electron chi connectivity index (χ0n) is 13.3. The monoisotopic (exact) mass is 341 g/mol. The predicted octanol–water partition coefficient (Wildman–Crippen LogP) is 1.96. The minimum absolute atomic E-state index is 0.0329. The lowest BCUT2D eigenvalue weighted by Crippen LogP contribution is -2.41. The molecule has 1 atom stereocenters. The van der Waals surface area contributed by atoms with Gasteiger partial charge in [-0.25, -0.2) is 4.98 Å². The van der Waals surface area contributed by atoms with Crippen molar-refractivity contribution in [2.45, 2.75) is 38.0 Å². The number of hydrogen-bond acceptors (Lipinski definition) is 4. The third-order valence-corrected chi connectivity index (χ3v) is 4.29. The van der Waals surface area contributed by atoms with E-state index in [1.807, 2.05) is 14.0 Å². The Morgan fingerprint density at radius 2 is 2.21 bits per heavy atom. The van der Waals surface area contributed by atoms with Gasteiger partial charge in [0.05, 0.1) is 11.7 Å². The van der Waals surface area contributed by atoms with Crippen molar-refractivity contribution in [2.75, 3.05) is 13.6 Å². The fourth-order valence-electron chi connectivity index (χ4n) is 2.62. The number of imidazole rings is 1. The maximum Gasteiger partial charge on any atom is 0.450 e. The van der Waals surface area contributed by atoms with Gasteiger partial charge in [0.1, 0.15) is 0 Å². The number of carbonyl (C=O) groups is 1. The lowest BCUT2D eigenvalue weighted by atomic mass is 10.2. The standard InChI is InChI=1S/C15H18F3N5O/c1-9(22(2)10-3-4-10)7-20-13(24)12-11-8-19-5-6-23(11)14(21-12)15(16,17)18/h5-6,8-10H,3-4,7H2,1-2H3,(H,20,24). The van der Waals surface area contributed by atoms with Gasteiger partial charge in [0.25, 0.3) is 5.91 Å². The van der Waals surface area contributed by atoms with Gasteiger partial charge in [-0.05, 0) is 26.8 Å². The van der Waals surface area contributed by atoms with E-state index in [4.69, 9.17) is 0 Å². The molecule has 2 aromatic rings. The van der Waals surface area contributed by atoms with Crippen LogP contribution in [0, 0.1) is 0 Å². The van der Waals surface area contributed by atoms with Crippen LogP contribution in [-0.4, -0.2) is 50.9 Å². The van der Waals surface area contributed by atoms with Crippen molar-refractivity contribution in [1.82, 2.24) is 24.6 Å². The summed E-state index contributed by atoms with van der Waals surface area (Å²) in [7, 11) is 1.98. The highest BCUT2D eigenvalue weighted by atomic mass is 19.4. The summed E-state index contributed by atoms with van der Waals surface area (Å²) in [5.74, 6) is -1.76. The number of carbonyl (C=O) groups excluding carboxylic acids is 1. The fraction of sp³-hybridized carbons (Fsp3) is 0.533. The highest BCUT2D eigenvalue weighted by Crippen LogP contribution is 2.30. The minimum atomic E-state index is -4.65. The summed E-state index contributed by atoms with van der Waals surface area (Å²) in [6.07, 6.45) is 1.20. The van der Waals surface area contributed by atoms with Gasteiger partial charge in [-0.1, -0.05) is 0 Å². The maximum atomic E-state index is 13.1. The highest BCUT2D eigenvalue weighted by molar-refractivity contribution is 5.99. The van der Waals surface area contributed by atoms with Crippen molar-refractivity contribution in [3.8, 4) is 0 Å². The van der Waals surface area contributed by atoms with E-state index in [1.165, 1.54) is 12.4 Å². The smallest absolute Gasteiger partial charge is 0.349 e. The molecule has 9 heteroatoms. The first-order valence-electron chi connectivity index (χ1n) is 7.68. The van der Waals surface area contributed by atoms with E-state index in [2.05, 4.69) is 20.2 Å². The molecule has 6 nitrogen and oxygen atoms in total. The van der Waals surface area contributed by atoms with Gasteiger partial charge < -0.3 is 5.32 Å². The second-order valence-corrected chi connectivity index (χ2v) is 6.07. The molecule has 1 saturated carbocycles. The molecule has 0 aliphatic heterocycles. The van der Waals surface area contributed by atoms with Gasteiger partial charge in [0.15, 0.2) is 5.69 Å². The number of nitrogens with one attached hydrogen (secondary N) is 1. The summed E-state index contributed by atoms with van der Waals surface area (Å²) >= 11 is 0. The Morgan fingerprint density at radius 1 is 1.50 bits per heavy atom. The number of halogens is 3. The molecule has 3 rings (SSSR count). The molecule has 1 aliphatic carbocycles. The van der Waals surface area contributed by atoms with Crippen LogP contribution < -0.4 is 5.32 Å². The molecule has 1 aliphatic rings. The van der Waals surface area contributed by atoms with Crippen LogP contribution in [0.4, 0.5) is 13.2 Å². The highest BCUT2D eigenvalue weighted by Gasteiger charge is 2.38. The van der Waals surface area contributed by atoms with Crippen LogP contribution in [0.2, 0.25) is 0 Å². The molecule has 1 N–H and O–H groups in total. The first kappa shape index (κ1) is 16.7. The van der Waals surface area contributed by atoms with E-state index in [-0.39, 0.29) is 17.3 Å². The second-order valence-electron chi connectivity index (χ2n) is 6.07. The molecule has 2 aromatic heterocycles. The van der Waals surface area contributed by atoms with E-state index in [9.17, 15) is 18.0 Å². The zero-order valence-corrected chi connectivity index (χ0v) is 13.3. The molecule has 0 bridgehead atoms. The molecule has 2 heterocycles. The van der Waals surface area contributed by atoms with Gasteiger partial charge >= 0.3 is 6.18 Å². The van der Waals surface area contributed by atoms with Crippen LogP contribution in [0.1, 0.15) is 36.1 Å². The third-order valence-electron chi connectivity index (χ3n) is 4.29. The van der Waals surface area contributed by atoms with Gasteiger partial charge in [-0.15, -0.1) is 0 Å². The SMILES string of the molecule is CC(CNC(=O)c1nc(C(F)(F)F)n2ccncc12)N(C)C1CC1. The summed E-state index contributed by atoms with van der Waals surface area (Å²) in [5, 5.41) is 2.67. The van der Waals surface area contributed by atoms with Gasteiger partial charge in [0, 0.05) is 31.0 Å². The van der Waals surface area contributed by atoms with E-state index in [1.54, 1.807) is 0 Å². The Balaban J connectivity index is 1.79. The molecule has 24 heavy (non-hydrogen) atoms. The predicted molar refractivity (Wildman–Crippen MR) is 80.6 cm³/mol. The molecule has 1 unspecified atom stereocenters. The largest absolute Gasteiger partial charge is 0.450 e. The molecule has 0 radical (unpaired) electrons. The van der Waals surface area contributed by atoms with E-state index < -0.39 is 17.9 Å². The van der Waals surface area contributed by atoms with E-state index >= 15 is 0 Å². The topological polar surface area (TPSA) is 62.5 Å². The van der Waals surface area contributed by atoms with Crippen LogP contribution in [-0.2, 0) is 6.18 Å². The Hall–Kier alpha value is -2.16. The average molecular weight is 341 g/mol. The van der Waals surface area contributed by atoms with Crippen LogP contribution >= 0.6 is 0 Å². The number of rotatable bonds is 5. The molecule has 0 aromatic carbocycles. The average Bonchev–Trinajstić information content (AvgIpc) is 3.30. The second kappa shape index (κ2) is 6.04. The Bertz CT molecular complexity index is 753. The van der Waals surface area contributed by atoms with Crippen molar-refractivity contribution in [3.63, 3.8) is 0 Å². The lowest BCUT2D eigenvalue weighted by molar-refractivity contribution is -0.145. The van der Waals surface area contributed by atoms with Crippen molar-refractivity contribution in [3.05, 3.63) is 30.1 Å². The van der Waals surface area contributed by atoms with Gasteiger partial charge in [0.2, 0.25) is 5.82 Å². The number of likely N-dealkylation sites (N-methyl/N-ethyl adjacent to an activating group) is 1. The molecular formula is C15H18F3N5O. The van der Waals surface area contributed by atoms with Crippen molar-refractivity contribution < 1.29 is 18.0 Å². The molecular weight excluding hydrogens is 323 g/mol. The molecule has 1 amide bonds. The zero-order chi connectivity index (χ0) is 17.5. The van der Waals surface area contributed by atoms with Crippen molar-refractivity contribution >= 4 is 11.4 Å². The minimum Gasteiger partial charge on any atom is -0.349 e. The first-order valence-corrected chi connectivity index (χ1v) is 7.68. The van der Waals surface area contributed by atoms with Crippen LogP contribution in [0.15, 0.2) is 18.6 Å². The molecule has 130 valence electrons. The van der Waals surface area contributed by atoms with Crippen molar-refractivity contribution in [1.29, 1.82) is 0 Å². The first-order chi connectivity index (χ1) is 11.3. The quantitative estimate of drug-likeness (QED) is 0.903. The Morgan fingerprint density at radius 3 is 2.83 bits per heavy atom. The third kappa shape index (κ3) is 3.21. The summed E-state index contributed by atoms with van der Waals surface area (Å²) < 4.78 is 40.0. The van der Waals surface area contributed by atoms with E-state index in [0.717, 1.165) is 23.4 Å². The number of amides is 1. The summed E-state index contributed by atoms with van der Waals surface area (Å²) in [6.45, 7) is 2.30. The van der Waals surface area contributed by atoms with Crippen LogP contribution in [0.5, 0.6) is 0 Å². The number of nitrogens with zero attached hydrogens (tertiary/aromatic N) is 4. The van der Waals surface area contributed by atoms with Crippen LogP contribution in [0.3, 0.4) is 0 Å². The summed E-state index contributed by atoms with van der Waals surface area (Å²) in [4.78, 5) is 21.8. The lowest BCUT2D eigenvalue weighted by Gasteiger charge is -2.24. The van der Waals surface area contributed by atoms with Gasteiger partial charge in [-0.2, -0.15) is 13.2 Å². The van der Waals surface area contributed by atoms with Crippen LogP contribution in [0.25, 0.3) is 5.52 Å². The molecule has 1 fully saturated rings. The number of fused-ring (bicyclic) bond motifs is 1. The summed E-state index contributed by atoms with van der Waals surface area (Å²) in [6, 6.07) is 0.627. The summed E-state index contributed by atoms with van der Waals surface area (Å²) in [5.41, 5.74) is -0.234. The fourth-order valence-corrected chi connectivity index (χ4v) is 2.62. The molecule has 0 spiro atoms. The Labute approximate surface area is 136 Å².